The number of carbonyl (C=O) groups is 4. The highest BCUT2D eigenvalue weighted by Crippen LogP contribution is 2.23. The molecule has 0 saturated heterocycles. The van der Waals surface area contributed by atoms with Crippen LogP contribution < -0.4 is 10.1 Å². The van der Waals surface area contributed by atoms with E-state index in [9.17, 15) is 19.2 Å². The lowest BCUT2D eigenvalue weighted by Gasteiger charge is -2.18. The van der Waals surface area contributed by atoms with Crippen molar-refractivity contribution in [1.29, 1.82) is 0 Å². The Morgan fingerprint density at radius 3 is 2.04 bits per heavy atom. The molecule has 1 amide bonds. The van der Waals surface area contributed by atoms with Gasteiger partial charge in [-0.2, -0.15) is 0 Å². The van der Waals surface area contributed by atoms with E-state index in [4.69, 9.17) is 20.1 Å². The number of anilines is 1. The Hall–Kier alpha value is -3.14. The van der Waals surface area contributed by atoms with Crippen molar-refractivity contribution in [1.82, 2.24) is 4.90 Å². The zero-order valence-electron chi connectivity index (χ0n) is 12.5. The van der Waals surface area contributed by atoms with Gasteiger partial charge in [0.1, 0.15) is 5.75 Å². The molecule has 0 saturated carbocycles. The third-order valence-corrected chi connectivity index (χ3v) is 2.60. The standard InChI is InChI=1S/C14H16N2O8/c17-11(5-16(6-12(18)19)7-13(20)21)15-9-3-1-2-4-10(9)24-8-14(22)23/h1-4H,5-8H2,(H,15,17)(H,18,19)(H,20,21)(H,22,23). The maximum absolute atomic E-state index is 12.0. The van der Waals surface area contributed by atoms with Gasteiger partial charge in [0.25, 0.3) is 0 Å². The number of nitrogens with one attached hydrogen (secondary N) is 1. The van der Waals surface area contributed by atoms with Gasteiger partial charge in [-0.3, -0.25) is 19.3 Å². The van der Waals surface area contributed by atoms with Crippen molar-refractivity contribution in [3.63, 3.8) is 0 Å². The van der Waals surface area contributed by atoms with Crippen LogP contribution in [0.5, 0.6) is 5.75 Å². The highest BCUT2D eigenvalue weighted by molar-refractivity contribution is 5.94. The second-order valence-corrected chi connectivity index (χ2v) is 4.66. The van der Waals surface area contributed by atoms with Gasteiger partial charge in [0.2, 0.25) is 5.91 Å². The highest BCUT2D eigenvalue weighted by atomic mass is 16.5. The van der Waals surface area contributed by atoms with Gasteiger partial charge in [0.15, 0.2) is 6.61 Å². The number of carbonyl (C=O) groups excluding carboxylic acids is 1. The first-order chi connectivity index (χ1) is 11.3. The number of carboxylic acids is 3. The van der Waals surface area contributed by atoms with Crippen LogP contribution in [0, 0.1) is 0 Å². The first-order valence-electron chi connectivity index (χ1n) is 6.67. The molecule has 1 rings (SSSR count). The second kappa shape index (κ2) is 9.10. The summed E-state index contributed by atoms with van der Waals surface area (Å²) in [4.78, 5) is 44.8. The quantitative estimate of drug-likeness (QED) is 0.444. The molecule has 0 aliphatic heterocycles. The molecular formula is C14H16N2O8. The molecule has 0 aliphatic rings. The molecule has 0 radical (unpaired) electrons. The summed E-state index contributed by atoms with van der Waals surface area (Å²) in [5.74, 6) is -4.27. The van der Waals surface area contributed by atoms with E-state index in [-0.39, 0.29) is 11.4 Å². The van der Waals surface area contributed by atoms with Crippen molar-refractivity contribution in [3.05, 3.63) is 24.3 Å². The zero-order chi connectivity index (χ0) is 18.1. The van der Waals surface area contributed by atoms with Gasteiger partial charge in [-0.15, -0.1) is 0 Å². The fraction of sp³-hybridized carbons (Fsp3) is 0.286. The van der Waals surface area contributed by atoms with Crippen LogP contribution in [-0.2, 0) is 19.2 Å². The molecule has 0 bridgehead atoms. The van der Waals surface area contributed by atoms with E-state index < -0.39 is 50.1 Å². The molecule has 0 heterocycles. The van der Waals surface area contributed by atoms with Crippen LogP contribution in [0.15, 0.2) is 24.3 Å². The molecule has 1 aromatic rings. The zero-order valence-corrected chi connectivity index (χ0v) is 12.5. The van der Waals surface area contributed by atoms with Gasteiger partial charge in [-0.1, -0.05) is 12.1 Å². The van der Waals surface area contributed by atoms with E-state index in [1.54, 1.807) is 12.1 Å². The number of nitrogens with zero attached hydrogens (tertiary/aromatic N) is 1. The Bertz CT molecular complexity index is 615. The number of ether oxygens (including phenoxy) is 1. The van der Waals surface area contributed by atoms with E-state index in [1.165, 1.54) is 12.1 Å². The smallest absolute Gasteiger partial charge is 0.341 e. The fourth-order valence-corrected chi connectivity index (χ4v) is 1.78. The number of para-hydroxylation sites is 2. The summed E-state index contributed by atoms with van der Waals surface area (Å²) >= 11 is 0. The van der Waals surface area contributed by atoms with Crippen LogP contribution in [0.4, 0.5) is 5.69 Å². The Labute approximate surface area is 136 Å². The third-order valence-electron chi connectivity index (χ3n) is 2.60. The molecule has 0 atom stereocenters. The molecule has 10 heteroatoms. The van der Waals surface area contributed by atoms with Crippen LogP contribution in [0.2, 0.25) is 0 Å². The van der Waals surface area contributed by atoms with Gasteiger partial charge >= 0.3 is 17.9 Å². The molecule has 0 spiro atoms. The fourth-order valence-electron chi connectivity index (χ4n) is 1.78. The summed E-state index contributed by atoms with van der Waals surface area (Å²) in [6.07, 6.45) is 0. The van der Waals surface area contributed by atoms with E-state index in [1.807, 2.05) is 0 Å². The lowest BCUT2D eigenvalue weighted by molar-refractivity contribution is -0.142. The number of carboxylic acid groups (broad SMARTS) is 3. The minimum absolute atomic E-state index is 0.122. The molecule has 0 aromatic heterocycles. The molecule has 10 nitrogen and oxygen atoms in total. The molecule has 0 unspecified atom stereocenters. The predicted molar refractivity (Wildman–Crippen MR) is 79.9 cm³/mol. The number of hydrogen-bond acceptors (Lipinski definition) is 6. The van der Waals surface area contributed by atoms with Crippen molar-refractivity contribution in [3.8, 4) is 5.75 Å². The lowest BCUT2D eigenvalue weighted by atomic mass is 10.3. The van der Waals surface area contributed by atoms with E-state index in [0.717, 1.165) is 4.90 Å². The Morgan fingerprint density at radius 2 is 1.50 bits per heavy atom. The molecule has 0 aliphatic carbocycles. The van der Waals surface area contributed by atoms with Crippen LogP contribution in [0.3, 0.4) is 0 Å². The minimum Gasteiger partial charge on any atom is -0.480 e. The average Bonchev–Trinajstić information content (AvgIpc) is 2.44. The number of aliphatic carboxylic acids is 3. The second-order valence-electron chi connectivity index (χ2n) is 4.66. The van der Waals surface area contributed by atoms with Gasteiger partial charge in [-0.05, 0) is 12.1 Å². The van der Waals surface area contributed by atoms with Crippen molar-refractivity contribution in [2.75, 3.05) is 31.6 Å². The monoisotopic (exact) mass is 340 g/mol. The van der Waals surface area contributed by atoms with E-state index in [2.05, 4.69) is 5.32 Å². The summed E-state index contributed by atoms with van der Waals surface area (Å²) in [7, 11) is 0. The van der Waals surface area contributed by atoms with Gasteiger partial charge < -0.3 is 25.4 Å². The molecule has 130 valence electrons. The summed E-state index contributed by atoms with van der Waals surface area (Å²) in [5, 5.41) is 28.5. The van der Waals surface area contributed by atoms with Crippen molar-refractivity contribution in [2.24, 2.45) is 0 Å². The number of rotatable bonds is 10. The third kappa shape index (κ3) is 7.22. The molecular weight excluding hydrogens is 324 g/mol. The van der Waals surface area contributed by atoms with Gasteiger partial charge in [0, 0.05) is 0 Å². The number of hydrogen-bond donors (Lipinski definition) is 4. The summed E-state index contributed by atoms with van der Waals surface area (Å²) in [6.45, 7) is -2.29. The molecule has 4 N–H and O–H groups in total. The Kier molecular flexibility index (Phi) is 7.17. The van der Waals surface area contributed by atoms with Gasteiger partial charge in [-0.25, -0.2) is 4.79 Å². The van der Waals surface area contributed by atoms with Gasteiger partial charge in [0.05, 0.1) is 25.3 Å². The highest BCUT2D eigenvalue weighted by Gasteiger charge is 2.18. The Balaban J connectivity index is 2.73. The first-order valence-corrected chi connectivity index (χ1v) is 6.67. The Morgan fingerprint density at radius 1 is 0.917 bits per heavy atom. The number of amides is 1. The SMILES string of the molecule is O=C(O)COc1ccccc1NC(=O)CN(CC(=O)O)CC(=O)O. The maximum Gasteiger partial charge on any atom is 0.341 e. The molecule has 1 aromatic carbocycles. The normalized spacial score (nSPS) is 10.2. The summed E-state index contributed by atoms with van der Waals surface area (Å²) in [6, 6.07) is 6.07. The van der Waals surface area contributed by atoms with Crippen molar-refractivity contribution in [2.45, 2.75) is 0 Å². The first kappa shape index (κ1) is 18.9. The van der Waals surface area contributed by atoms with Crippen LogP contribution in [0.1, 0.15) is 0 Å². The van der Waals surface area contributed by atoms with Crippen LogP contribution in [-0.4, -0.2) is 70.3 Å². The average molecular weight is 340 g/mol. The van der Waals surface area contributed by atoms with E-state index >= 15 is 0 Å². The molecule has 0 fully saturated rings. The summed E-state index contributed by atoms with van der Waals surface area (Å²) in [5.41, 5.74) is 0.189. The largest absolute Gasteiger partial charge is 0.480 e. The topological polar surface area (TPSA) is 153 Å². The predicted octanol–water partition coefficient (Wildman–Crippen LogP) is -0.440. The van der Waals surface area contributed by atoms with Crippen LogP contribution >= 0.6 is 0 Å². The van der Waals surface area contributed by atoms with Crippen molar-refractivity contribution >= 4 is 29.5 Å². The van der Waals surface area contributed by atoms with Crippen molar-refractivity contribution < 1.29 is 39.2 Å². The van der Waals surface area contributed by atoms with Crippen LogP contribution in [0.25, 0.3) is 0 Å². The molecule has 24 heavy (non-hydrogen) atoms. The summed E-state index contributed by atoms with van der Waals surface area (Å²) < 4.78 is 5.02. The maximum atomic E-state index is 12.0. The van der Waals surface area contributed by atoms with E-state index in [0.29, 0.717) is 0 Å². The minimum atomic E-state index is -1.27. The lowest BCUT2D eigenvalue weighted by Crippen LogP contribution is -2.40. The number of benzene rings is 1.